The Labute approximate surface area is 128 Å². The van der Waals surface area contributed by atoms with Crippen molar-refractivity contribution >= 4 is 12.9 Å². The molecule has 21 heavy (non-hydrogen) atoms. The van der Waals surface area contributed by atoms with Crippen molar-refractivity contribution in [2.75, 3.05) is 19.6 Å². The lowest BCUT2D eigenvalue weighted by molar-refractivity contribution is -0.148. The van der Waals surface area contributed by atoms with Gasteiger partial charge in [-0.1, -0.05) is 13.2 Å². The Morgan fingerprint density at radius 3 is 2.62 bits per heavy atom. The summed E-state index contributed by atoms with van der Waals surface area (Å²) in [6, 6.07) is 0. The van der Waals surface area contributed by atoms with Crippen LogP contribution in [0.3, 0.4) is 0 Å². The third-order valence-electron chi connectivity index (χ3n) is 5.35. The van der Waals surface area contributed by atoms with E-state index in [0.717, 1.165) is 45.2 Å². The highest BCUT2D eigenvalue weighted by atomic mass is 16.4. The van der Waals surface area contributed by atoms with E-state index in [1.165, 1.54) is 12.8 Å². The van der Waals surface area contributed by atoms with Crippen LogP contribution in [-0.2, 0) is 4.79 Å². The molecule has 120 valence electrons. The largest absolute Gasteiger partial charge is 0.480 e. The molecular weight excluding hydrogens is 267 g/mol. The van der Waals surface area contributed by atoms with Gasteiger partial charge in [0.25, 0.3) is 6.92 Å². The van der Waals surface area contributed by atoms with E-state index >= 15 is 0 Å². The minimum absolute atomic E-state index is 0.0518. The third-order valence-corrected chi connectivity index (χ3v) is 5.35. The maximum Gasteiger partial charge on any atom is 0.324 e. The average Bonchev–Trinajstić information content (AvgIpc) is 2.92. The minimum Gasteiger partial charge on any atom is -0.480 e. The van der Waals surface area contributed by atoms with Gasteiger partial charge in [0.15, 0.2) is 0 Å². The number of carbonyl (C=O) groups is 1. The molecule has 0 spiro atoms. The first kappa shape index (κ1) is 16.8. The maximum atomic E-state index is 11.8. The molecule has 4 N–H and O–H groups in total. The van der Waals surface area contributed by atoms with Crippen molar-refractivity contribution in [3.8, 4) is 0 Å². The van der Waals surface area contributed by atoms with Gasteiger partial charge in [-0.15, -0.1) is 0 Å². The van der Waals surface area contributed by atoms with Crippen molar-refractivity contribution in [3.05, 3.63) is 0 Å². The van der Waals surface area contributed by atoms with E-state index in [9.17, 15) is 14.9 Å². The van der Waals surface area contributed by atoms with Crippen LogP contribution in [0.25, 0.3) is 0 Å². The predicted octanol–water partition coefficient (Wildman–Crippen LogP) is 1.28. The molecule has 2 rings (SSSR count). The number of nitrogens with two attached hydrogens (primary N) is 1. The van der Waals surface area contributed by atoms with E-state index in [0.29, 0.717) is 12.3 Å². The van der Waals surface area contributed by atoms with Gasteiger partial charge in [-0.25, -0.2) is 0 Å². The fraction of sp³-hybridized carbons (Fsp3) is 0.933. The monoisotopic (exact) mass is 296 g/mol. The van der Waals surface area contributed by atoms with Crippen LogP contribution in [0.4, 0.5) is 0 Å². The van der Waals surface area contributed by atoms with Gasteiger partial charge >= 0.3 is 5.97 Å². The van der Waals surface area contributed by atoms with E-state index in [1.54, 1.807) is 6.82 Å². The van der Waals surface area contributed by atoms with Crippen molar-refractivity contribution in [3.63, 3.8) is 0 Å². The number of aliphatic carboxylic acids is 1. The number of hydrogen-bond acceptors (Lipinski definition) is 4. The normalized spacial score (nSPS) is 34.0. The molecule has 1 aliphatic heterocycles. The molecule has 6 heteroatoms. The van der Waals surface area contributed by atoms with Crippen molar-refractivity contribution in [2.24, 2.45) is 17.6 Å². The Hall–Kier alpha value is -0.585. The average molecular weight is 296 g/mol. The molecule has 0 amide bonds. The van der Waals surface area contributed by atoms with Gasteiger partial charge < -0.3 is 20.8 Å². The van der Waals surface area contributed by atoms with Gasteiger partial charge in [0.05, 0.1) is 0 Å². The Morgan fingerprint density at radius 1 is 1.38 bits per heavy atom. The van der Waals surface area contributed by atoms with E-state index in [1.807, 2.05) is 0 Å². The van der Waals surface area contributed by atoms with Crippen LogP contribution in [0.1, 0.15) is 38.5 Å². The number of nitrogens with zero attached hydrogens (tertiary/aromatic N) is 1. The van der Waals surface area contributed by atoms with Gasteiger partial charge in [0.2, 0.25) is 0 Å². The lowest BCUT2D eigenvalue weighted by Crippen LogP contribution is -2.59. The quantitative estimate of drug-likeness (QED) is 0.643. The van der Waals surface area contributed by atoms with Crippen molar-refractivity contribution < 1.29 is 14.9 Å². The number of rotatable bonds is 6. The van der Waals surface area contributed by atoms with Crippen molar-refractivity contribution in [1.82, 2.24) is 4.90 Å². The van der Waals surface area contributed by atoms with Crippen LogP contribution in [0.5, 0.6) is 0 Å². The molecule has 3 atom stereocenters. The highest BCUT2D eigenvalue weighted by Crippen LogP contribution is 2.39. The lowest BCUT2D eigenvalue weighted by atomic mass is 9.62. The SMILES string of the molecule is CB(O)CC[C@@H]1CC[C@@H](CN2CCCC2)[C@@](N)(C(=O)O)C1. The van der Waals surface area contributed by atoms with Gasteiger partial charge in [0.1, 0.15) is 5.54 Å². The highest BCUT2D eigenvalue weighted by molar-refractivity contribution is 6.48. The van der Waals surface area contributed by atoms with Crippen LogP contribution in [0.2, 0.25) is 13.1 Å². The summed E-state index contributed by atoms with van der Waals surface area (Å²) in [5.74, 6) is -0.472. The fourth-order valence-electron chi connectivity index (χ4n) is 3.96. The summed E-state index contributed by atoms with van der Waals surface area (Å²) in [7, 11) is 0. The number of carboxylic acids is 1. The van der Waals surface area contributed by atoms with Gasteiger partial charge in [-0.3, -0.25) is 4.79 Å². The van der Waals surface area contributed by atoms with E-state index in [-0.39, 0.29) is 12.8 Å². The van der Waals surface area contributed by atoms with Crippen LogP contribution in [0.15, 0.2) is 0 Å². The van der Waals surface area contributed by atoms with Gasteiger partial charge in [0, 0.05) is 12.5 Å². The highest BCUT2D eigenvalue weighted by Gasteiger charge is 2.47. The lowest BCUT2D eigenvalue weighted by Gasteiger charge is -2.43. The van der Waals surface area contributed by atoms with Crippen LogP contribution >= 0.6 is 0 Å². The zero-order chi connectivity index (χ0) is 15.5. The summed E-state index contributed by atoms with van der Waals surface area (Å²) in [6.07, 6.45) is 6.52. The maximum absolute atomic E-state index is 11.8. The van der Waals surface area contributed by atoms with Gasteiger partial charge in [-0.2, -0.15) is 0 Å². The molecule has 5 nitrogen and oxygen atoms in total. The summed E-state index contributed by atoms with van der Waals surface area (Å²) in [4.78, 5) is 14.1. The first-order chi connectivity index (χ1) is 9.91. The molecule has 0 radical (unpaired) electrons. The molecule has 0 aromatic rings. The molecule has 1 aliphatic carbocycles. The first-order valence-electron chi connectivity index (χ1n) is 8.34. The number of likely N-dealkylation sites (tertiary alicyclic amines) is 1. The van der Waals surface area contributed by atoms with Crippen LogP contribution in [0, 0.1) is 11.8 Å². The summed E-state index contributed by atoms with van der Waals surface area (Å²) in [5.41, 5.74) is 5.24. The number of carboxylic acid groups (broad SMARTS) is 1. The topological polar surface area (TPSA) is 86.8 Å². The second-order valence-corrected chi connectivity index (χ2v) is 7.12. The Morgan fingerprint density at radius 2 is 2.05 bits per heavy atom. The van der Waals surface area contributed by atoms with Crippen molar-refractivity contribution in [2.45, 2.75) is 57.2 Å². The standard InChI is InChI=1S/C15H29BN2O3/c1-16(21)7-6-12-4-5-13(11-18-8-2-3-9-18)15(17,10-12)14(19)20/h12-13,21H,2-11,17H2,1H3,(H,19,20)/t12-,13-,15+/m0/s1. The molecule has 2 aliphatic rings. The molecule has 0 aromatic carbocycles. The van der Waals surface area contributed by atoms with Crippen LogP contribution in [-0.4, -0.2) is 53.1 Å². The predicted molar refractivity (Wildman–Crippen MR) is 84.3 cm³/mol. The number of hydrogen-bond donors (Lipinski definition) is 3. The van der Waals surface area contributed by atoms with Crippen LogP contribution < -0.4 is 5.73 Å². The molecular formula is C15H29BN2O3. The Kier molecular flexibility index (Phi) is 5.69. The molecule has 0 unspecified atom stereocenters. The first-order valence-corrected chi connectivity index (χ1v) is 8.34. The zero-order valence-corrected chi connectivity index (χ0v) is 13.1. The molecule has 0 aromatic heterocycles. The van der Waals surface area contributed by atoms with Gasteiger partial charge in [-0.05, 0) is 57.4 Å². The second kappa shape index (κ2) is 7.12. The fourth-order valence-corrected chi connectivity index (χ4v) is 3.96. The molecule has 2 fully saturated rings. The van der Waals surface area contributed by atoms with E-state index in [2.05, 4.69) is 4.90 Å². The third kappa shape index (κ3) is 4.21. The summed E-state index contributed by atoms with van der Waals surface area (Å²) >= 11 is 0. The molecule has 1 heterocycles. The Balaban J connectivity index is 1.97. The molecule has 0 bridgehead atoms. The van der Waals surface area contributed by atoms with Crippen molar-refractivity contribution in [1.29, 1.82) is 0 Å². The van der Waals surface area contributed by atoms with E-state index < -0.39 is 11.5 Å². The minimum atomic E-state index is -1.09. The van der Waals surface area contributed by atoms with E-state index in [4.69, 9.17) is 5.73 Å². The zero-order valence-electron chi connectivity index (χ0n) is 13.1. The summed E-state index contributed by atoms with van der Waals surface area (Å²) < 4.78 is 0. The summed E-state index contributed by atoms with van der Waals surface area (Å²) in [5, 5.41) is 19.1. The molecule has 1 saturated heterocycles. The smallest absolute Gasteiger partial charge is 0.324 e. The Bertz CT molecular complexity index is 361. The molecule has 1 saturated carbocycles. The summed E-state index contributed by atoms with van der Waals surface area (Å²) in [6.45, 7) is 4.46. The second-order valence-electron chi connectivity index (χ2n) is 7.12.